The molecule has 1 N–H and O–H groups in total. The fourth-order valence-electron chi connectivity index (χ4n) is 2.37. The van der Waals surface area contributed by atoms with Crippen molar-refractivity contribution in [3.8, 4) is 0 Å². The summed E-state index contributed by atoms with van der Waals surface area (Å²) in [5.41, 5.74) is 0.455. The maximum Gasteiger partial charge on any atom is 0.253 e. The number of hydrogen-bond donors (Lipinski definition) is 1. The van der Waals surface area contributed by atoms with Gasteiger partial charge in [-0.25, -0.2) is 4.98 Å². The molecule has 1 heterocycles. The smallest absolute Gasteiger partial charge is 0.253 e. The van der Waals surface area contributed by atoms with Gasteiger partial charge in [-0.3, -0.25) is 4.79 Å². The van der Waals surface area contributed by atoms with Gasteiger partial charge < -0.3 is 5.32 Å². The molecule has 2 rings (SSSR count). The first kappa shape index (κ1) is 13.6. The number of nitrogens with zero attached hydrogens (tertiary/aromatic N) is 1. The van der Waals surface area contributed by atoms with E-state index in [4.69, 9.17) is 23.2 Å². The SMILES string of the molecule is CC1CCC(NC(=O)c2cnc(Cl)c(Cl)c2)C1C. The van der Waals surface area contributed by atoms with Crippen molar-refractivity contribution in [2.45, 2.75) is 32.7 Å². The van der Waals surface area contributed by atoms with Gasteiger partial charge in [-0.05, 0) is 30.7 Å². The summed E-state index contributed by atoms with van der Waals surface area (Å²) in [4.78, 5) is 15.9. The van der Waals surface area contributed by atoms with Crippen LogP contribution in [0.5, 0.6) is 0 Å². The second-order valence-corrected chi connectivity index (χ2v) is 5.76. The number of halogens is 2. The Balaban J connectivity index is 2.06. The number of rotatable bonds is 2. The minimum absolute atomic E-state index is 0.132. The molecule has 0 bridgehead atoms. The maximum atomic E-state index is 12.1. The fraction of sp³-hybridized carbons (Fsp3) is 0.538. The molecule has 3 nitrogen and oxygen atoms in total. The van der Waals surface area contributed by atoms with E-state index in [2.05, 4.69) is 24.1 Å². The number of amides is 1. The van der Waals surface area contributed by atoms with E-state index in [-0.39, 0.29) is 17.1 Å². The van der Waals surface area contributed by atoms with E-state index in [0.717, 1.165) is 12.8 Å². The first-order valence-corrected chi connectivity index (χ1v) is 6.86. The summed E-state index contributed by atoms with van der Waals surface area (Å²) in [5, 5.41) is 3.56. The number of pyridine rings is 1. The molecule has 1 amide bonds. The van der Waals surface area contributed by atoms with Crippen LogP contribution in [0.2, 0.25) is 10.2 Å². The van der Waals surface area contributed by atoms with E-state index in [0.29, 0.717) is 22.4 Å². The minimum Gasteiger partial charge on any atom is -0.349 e. The Morgan fingerprint density at radius 1 is 1.39 bits per heavy atom. The summed E-state index contributed by atoms with van der Waals surface area (Å²) in [7, 11) is 0. The highest BCUT2D eigenvalue weighted by molar-refractivity contribution is 6.41. The van der Waals surface area contributed by atoms with E-state index >= 15 is 0 Å². The lowest BCUT2D eigenvalue weighted by Gasteiger charge is -2.19. The maximum absolute atomic E-state index is 12.1. The molecule has 0 aliphatic heterocycles. The van der Waals surface area contributed by atoms with Crippen molar-refractivity contribution in [3.05, 3.63) is 28.0 Å². The molecule has 1 saturated carbocycles. The van der Waals surface area contributed by atoms with Gasteiger partial charge in [-0.15, -0.1) is 0 Å². The highest BCUT2D eigenvalue weighted by Gasteiger charge is 2.30. The molecule has 3 atom stereocenters. The molecular weight excluding hydrogens is 271 g/mol. The van der Waals surface area contributed by atoms with Gasteiger partial charge in [-0.2, -0.15) is 0 Å². The summed E-state index contributed by atoms with van der Waals surface area (Å²) in [6.45, 7) is 4.40. The molecule has 3 unspecified atom stereocenters. The summed E-state index contributed by atoms with van der Waals surface area (Å²) >= 11 is 11.6. The highest BCUT2D eigenvalue weighted by atomic mass is 35.5. The predicted molar refractivity (Wildman–Crippen MR) is 73.1 cm³/mol. The average Bonchev–Trinajstić information content (AvgIpc) is 2.64. The molecule has 1 aromatic heterocycles. The second-order valence-electron chi connectivity index (χ2n) is 4.99. The van der Waals surface area contributed by atoms with Gasteiger partial charge in [0.25, 0.3) is 5.91 Å². The Labute approximate surface area is 117 Å². The van der Waals surface area contributed by atoms with Crippen molar-refractivity contribution in [1.82, 2.24) is 10.3 Å². The molecule has 1 aromatic rings. The third kappa shape index (κ3) is 2.78. The van der Waals surface area contributed by atoms with E-state index in [1.54, 1.807) is 6.07 Å². The Morgan fingerprint density at radius 2 is 2.11 bits per heavy atom. The minimum atomic E-state index is -0.132. The molecule has 0 radical (unpaired) electrons. The molecule has 18 heavy (non-hydrogen) atoms. The van der Waals surface area contributed by atoms with Gasteiger partial charge in [0.15, 0.2) is 0 Å². The second kappa shape index (κ2) is 5.45. The number of aromatic nitrogens is 1. The predicted octanol–water partition coefficient (Wildman–Crippen LogP) is 3.55. The van der Waals surface area contributed by atoms with Crippen LogP contribution in [0.3, 0.4) is 0 Å². The Hall–Kier alpha value is -0.800. The number of carbonyl (C=O) groups is 1. The molecule has 98 valence electrons. The van der Waals surface area contributed by atoms with Crippen LogP contribution in [0.4, 0.5) is 0 Å². The highest BCUT2D eigenvalue weighted by Crippen LogP contribution is 2.31. The topological polar surface area (TPSA) is 42.0 Å². The van der Waals surface area contributed by atoms with Crippen LogP contribution < -0.4 is 5.32 Å². The molecule has 5 heteroatoms. The van der Waals surface area contributed by atoms with Crippen LogP contribution in [0.1, 0.15) is 37.0 Å². The molecule has 0 aromatic carbocycles. The molecule has 1 aliphatic rings. The van der Waals surface area contributed by atoms with Gasteiger partial charge in [0.2, 0.25) is 0 Å². The van der Waals surface area contributed by atoms with Crippen LogP contribution in [-0.2, 0) is 0 Å². The molecule has 0 saturated heterocycles. The standard InChI is InChI=1S/C13H16Cl2N2O/c1-7-3-4-11(8(7)2)17-13(18)9-5-10(14)12(15)16-6-9/h5-8,11H,3-4H2,1-2H3,(H,17,18). The molecule has 0 spiro atoms. The zero-order valence-corrected chi connectivity index (χ0v) is 11.9. The third-order valence-corrected chi connectivity index (χ3v) is 4.53. The first-order chi connectivity index (χ1) is 8.49. The van der Waals surface area contributed by atoms with Crippen LogP contribution >= 0.6 is 23.2 Å². The lowest BCUT2D eigenvalue weighted by molar-refractivity contribution is 0.0927. The van der Waals surface area contributed by atoms with Crippen LogP contribution in [0.25, 0.3) is 0 Å². The van der Waals surface area contributed by atoms with Crippen molar-refractivity contribution in [2.24, 2.45) is 11.8 Å². The van der Waals surface area contributed by atoms with E-state index in [1.807, 2.05) is 0 Å². The largest absolute Gasteiger partial charge is 0.349 e. The first-order valence-electron chi connectivity index (χ1n) is 6.11. The zero-order valence-electron chi connectivity index (χ0n) is 10.4. The van der Waals surface area contributed by atoms with Gasteiger partial charge in [0.1, 0.15) is 5.15 Å². The Bertz CT molecular complexity index is 464. The zero-order chi connectivity index (χ0) is 13.3. The van der Waals surface area contributed by atoms with Crippen molar-refractivity contribution < 1.29 is 4.79 Å². The lowest BCUT2D eigenvalue weighted by atomic mass is 9.97. The third-order valence-electron chi connectivity index (χ3n) is 3.84. The molecular formula is C13H16Cl2N2O. The number of nitrogens with one attached hydrogen (secondary N) is 1. The van der Waals surface area contributed by atoms with Crippen LogP contribution in [-0.4, -0.2) is 16.9 Å². The summed E-state index contributed by atoms with van der Waals surface area (Å²) < 4.78 is 0. The van der Waals surface area contributed by atoms with Crippen LogP contribution in [0.15, 0.2) is 12.3 Å². The summed E-state index contributed by atoms with van der Waals surface area (Å²) in [6.07, 6.45) is 3.64. The molecule has 1 aliphatic carbocycles. The van der Waals surface area contributed by atoms with Gasteiger partial charge in [-0.1, -0.05) is 37.0 Å². The van der Waals surface area contributed by atoms with E-state index in [1.165, 1.54) is 6.20 Å². The van der Waals surface area contributed by atoms with Crippen molar-refractivity contribution >= 4 is 29.1 Å². The number of carbonyl (C=O) groups excluding carboxylic acids is 1. The van der Waals surface area contributed by atoms with Gasteiger partial charge in [0.05, 0.1) is 10.6 Å². The Morgan fingerprint density at radius 3 is 2.67 bits per heavy atom. The Kier molecular flexibility index (Phi) is 4.13. The van der Waals surface area contributed by atoms with Gasteiger partial charge >= 0.3 is 0 Å². The fourth-order valence-corrected chi connectivity index (χ4v) is 2.64. The average molecular weight is 287 g/mol. The lowest BCUT2D eigenvalue weighted by Crippen LogP contribution is -2.37. The summed E-state index contributed by atoms with van der Waals surface area (Å²) in [5.74, 6) is 1.03. The monoisotopic (exact) mass is 286 g/mol. The van der Waals surface area contributed by atoms with Crippen molar-refractivity contribution in [1.29, 1.82) is 0 Å². The molecule has 1 fully saturated rings. The summed E-state index contributed by atoms with van der Waals surface area (Å²) in [6, 6.07) is 1.79. The normalized spacial score (nSPS) is 27.2. The quantitative estimate of drug-likeness (QED) is 0.845. The van der Waals surface area contributed by atoms with Crippen molar-refractivity contribution in [2.75, 3.05) is 0 Å². The number of hydrogen-bond acceptors (Lipinski definition) is 2. The van der Waals surface area contributed by atoms with Crippen LogP contribution in [0, 0.1) is 11.8 Å². The van der Waals surface area contributed by atoms with E-state index in [9.17, 15) is 4.79 Å². The van der Waals surface area contributed by atoms with Gasteiger partial charge in [0, 0.05) is 12.2 Å². The van der Waals surface area contributed by atoms with Crippen molar-refractivity contribution in [3.63, 3.8) is 0 Å². The van der Waals surface area contributed by atoms with E-state index < -0.39 is 0 Å².